The summed E-state index contributed by atoms with van der Waals surface area (Å²) < 4.78 is 21.8. The maximum absolute atomic E-state index is 13.5. The number of nitro groups is 1. The van der Waals surface area contributed by atoms with Gasteiger partial charge in [-0.25, -0.2) is 9.19 Å². The lowest BCUT2D eigenvalue weighted by atomic mass is 10.1. The number of amides is 1. The van der Waals surface area contributed by atoms with E-state index in [0.29, 0.717) is 48.0 Å². The minimum atomic E-state index is -2.15. The fourth-order valence-electron chi connectivity index (χ4n) is 4.71. The number of nitrogens with zero attached hydrogens (tertiary/aromatic N) is 4. The zero-order valence-electron chi connectivity index (χ0n) is 20.6. The second-order valence-electron chi connectivity index (χ2n) is 8.70. The molecular formula is C25H22N8O5S. The molecule has 4 N–H and O–H groups in total. The number of fused-ring (bicyclic) bond motifs is 3. The standard InChI is InChI=1S/C25H22N8O5S/c1-26-20-17(33(35)36)12-19(21-22(20)29-13-28-21)39(37)31-24(34)15-5-2-3-6-16(15)32-9-4-10-38-25-18(32)11-14-7-8-27-23(14)30-25/h2-3,5-8,11-13,26H,4,9-10H2,1H3,(H,27,30)(H,28,29)(H,31,34). The van der Waals surface area contributed by atoms with Crippen molar-refractivity contribution in [2.75, 3.05) is 30.4 Å². The van der Waals surface area contributed by atoms with E-state index in [2.05, 4.69) is 30.0 Å². The first-order chi connectivity index (χ1) is 19.0. The minimum absolute atomic E-state index is 0.00958. The molecular weight excluding hydrogens is 524 g/mol. The molecule has 1 amide bonds. The smallest absolute Gasteiger partial charge is 0.295 e. The Labute approximate surface area is 223 Å². The highest BCUT2D eigenvalue weighted by molar-refractivity contribution is 7.84. The zero-order valence-corrected chi connectivity index (χ0v) is 21.4. The van der Waals surface area contributed by atoms with Gasteiger partial charge in [-0.2, -0.15) is 4.98 Å². The summed E-state index contributed by atoms with van der Waals surface area (Å²) in [6.07, 6.45) is 3.83. The number of para-hydroxylation sites is 1. The summed E-state index contributed by atoms with van der Waals surface area (Å²) in [4.78, 5) is 41.3. The van der Waals surface area contributed by atoms with Gasteiger partial charge in [-0.1, -0.05) is 12.1 Å². The van der Waals surface area contributed by atoms with Crippen LogP contribution in [0.25, 0.3) is 22.1 Å². The summed E-state index contributed by atoms with van der Waals surface area (Å²) >= 11 is 0. The molecule has 5 aromatic rings. The van der Waals surface area contributed by atoms with E-state index in [-0.39, 0.29) is 27.4 Å². The number of aromatic nitrogens is 4. The van der Waals surface area contributed by atoms with Crippen molar-refractivity contribution in [3.8, 4) is 5.88 Å². The van der Waals surface area contributed by atoms with Crippen LogP contribution in [0.15, 0.2) is 59.9 Å². The van der Waals surface area contributed by atoms with E-state index in [1.165, 1.54) is 6.33 Å². The van der Waals surface area contributed by atoms with Crippen LogP contribution in [0.5, 0.6) is 5.88 Å². The molecule has 39 heavy (non-hydrogen) atoms. The van der Waals surface area contributed by atoms with E-state index in [4.69, 9.17) is 4.74 Å². The van der Waals surface area contributed by atoms with E-state index < -0.39 is 21.8 Å². The van der Waals surface area contributed by atoms with E-state index in [9.17, 15) is 19.1 Å². The molecule has 198 valence electrons. The third-order valence-electron chi connectivity index (χ3n) is 6.45. The van der Waals surface area contributed by atoms with Crippen LogP contribution in [0.4, 0.5) is 22.7 Å². The molecule has 0 radical (unpaired) electrons. The maximum atomic E-state index is 13.5. The first-order valence-electron chi connectivity index (χ1n) is 12.0. The predicted molar refractivity (Wildman–Crippen MR) is 146 cm³/mol. The Hall–Kier alpha value is -4.98. The van der Waals surface area contributed by atoms with Gasteiger partial charge in [0, 0.05) is 31.2 Å². The fourth-order valence-corrected chi connectivity index (χ4v) is 5.65. The lowest BCUT2D eigenvalue weighted by molar-refractivity contribution is -0.384. The Morgan fingerprint density at radius 1 is 1.21 bits per heavy atom. The molecule has 2 aromatic carbocycles. The number of anilines is 3. The van der Waals surface area contributed by atoms with Crippen molar-refractivity contribution in [1.29, 1.82) is 0 Å². The lowest BCUT2D eigenvalue weighted by Gasteiger charge is -2.25. The molecule has 1 atom stereocenters. The summed E-state index contributed by atoms with van der Waals surface area (Å²) in [5.41, 5.74) is 2.72. The topological polar surface area (TPSA) is 171 Å². The van der Waals surface area contributed by atoms with Gasteiger partial charge in [0.1, 0.15) is 22.5 Å². The largest absolute Gasteiger partial charge is 0.476 e. The van der Waals surface area contributed by atoms with Crippen molar-refractivity contribution in [2.45, 2.75) is 11.3 Å². The zero-order chi connectivity index (χ0) is 27.1. The first-order valence-corrected chi connectivity index (χ1v) is 13.1. The van der Waals surface area contributed by atoms with Crippen LogP contribution in [0.1, 0.15) is 16.8 Å². The number of nitrogens with one attached hydrogen (secondary N) is 4. The Bertz CT molecular complexity index is 1780. The van der Waals surface area contributed by atoms with Gasteiger partial charge in [-0.3, -0.25) is 19.6 Å². The van der Waals surface area contributed by atoms with E-state index >= 15 is 0 Å². The van der Waals surface area contributed by atoms with Crippen LogP contribution in [0, 0.1) is 10.1 Å². The van der Waals surface area contributed by atoms with E-state index in [0.717, 1.165) is 11.5 Å². The Morgan fingerprint density at radius 3 is 2.87 bits per heavy atom. The minimum Gasteiger partial charge on any atom is -0.476 e. The molecule has 13 nitrogen and oxygen atoms in total. The molecule has 14 heteroatoms. The molecule has 1 aliphatic rings. The highest BCUT2D eigenvalue weighted by atomic mass is 32.2. The maximum Gasteiger partial charge on any atom is 0.295 e. The highest BCUT2D eigenvalue weighted by Crippen LogP contribution is 2.39. The normalized spacial score (nSPS) is 13.9. The van der Waals surface area contributed by atoms with Gasteiger partial charge in [0.05, 0.1) is 39.5 Å². The Kier molecular flexibility index (Phi) is 6.07. The highest BCUT2D eigenvalue weighted by Gasteiger charge is 2.27. The monoisotopic (exact) mass is 546 g/mol. The number of pyridine rings is 1. The van der Waals surface area contributed by atoms with Crippen molar-refractivity contribution < 1.29 is 18.7 Å². The van der Waals surface area contributed by atoms with Gasteiger partial charge >= 0.3 is 0 Å². The number of hydrogen-bond donors (Lipinski definition) is 4. The van der Waals surface area contributed by atoms with Gasteiger partial charge in [0.25, 0.3) is 11.6 Å². The van der Waals surface area contributed by atoms with Crippen molar-refractivity contribution in [3.05, 3.63) is 70.7 Å². The molecule has 0 saturated heterocycles. The summed E-state index contributed by atoms with van der Waals surface area (Å²) in [5, 5.41) is 15.4. The lowest BCUT2D eigenvalue weighted by Crippen LogP contribution is -2.29. The predicted octanol–water partition coefficient (Wildman–Crippen LogP) is 3.76. The van der Waals surface area contributed by atoms with E-state index in [1.807, 2.05) is 23.1 Å². The van der Waals surface area contributed by atoms with Crippen molar-refractivity contribution in [1.82, 2.24) is 24.7 Å². The summed E-state index contributed by atoms with van der Waals surface area (Å²) in [7, 11) is -0.611. The second kappa shape index (κ2) is 9.72. The fraction of sp³-hybridized carbons (Fsp3) is 0.160. The second-order valence-corrected chi connectivity index (χ2v) is 9.88. The molecule has 0 saturated carbocycles. The van der Waals surface area contributed by atoms with Crippen LogP contribution in [0.2, 0.25) is 0 Å². The Morgan fingerprint density at radius 2 is 2.05 bits per heavy atom. The van der Waals surface area contributed by atoms with Gasteiger partial charge < -0.3 is 24.9 Å². The number of nitro benzene ring substituents is 1. The van der Waals surface area contributed by atoms with Gasteiger partial charge in [-0.05, 0) is 30.7 Å². The number of ether oxygens (including phenoxy) is 1. The third-order valence-corrected chi connectivity index (χ3v) is 7.54. The molecule has 0 bridgehead atoms. The van der Waals surface area contributed by atoms with Crippen LogP contribution in [-0.2, 0) is 11.0 Å². The molecule has 0 spiro atoms. The summed E-state index contributed by atoms with van der Waals surface area (Å²) in [5.74, 6) is -0.172. The number of benzene rings is 2. The molecule has 4 heterocycles. The molecule has 1 unspecified atom stereocenters. The molecule has 0 aliphatic carbocycles. The summed E-state index contributed by atoms with van der Waals surface area (Å²) in [6, 6.07) is 12.0. The molecule has 6 rings (SSSR count). The van der Waals surface area contributed by atoms with Gasteiger partial charge in [0.2, 0.25) is 5.88 Å². The van der Waals surface area contributed by atoms with Crippen LogP contribution in [0.3, 0.4) is 0 Å². The average molecular weight is 547 g/mol. The Balaban J connectivity index is 1.37. The number of H-pyrrole nitrogens is 2. The van der Waals surface area contributed by atoms with Crippen LogP contribution < -0.4 is 19.7 Å². The average Bonchev–Trinajstić information content (AvgIpc) is 3.56. The number of aromatic amines is 2. The van der Waals surface area contributed by atoms with Gasteiger partial charge in [-0.15, -0.1) is 0 Å². The van der Waals surface area contributed by atoms with Crippen molar-refractivity contribution >= 4 is 61.7 Å². The SMILES string of the molecule is CNc1c([N+](=O)[O-])cc(S(=O)NC(=O)c2ccccc2N2CCCOc3nc4[nH]ccc4cc32)c2nc[nH]c12. The van der Waals surface area contributed by atoms with Crippen LogP contribution >= 0.6 is 0 Å². The van der Waals surface area contributed by atoms with Gasteiger partial charge in [0.15, 0.2) is 11.0 Å². The van der Waals surface area contributed by atoms with E-state index in [1.54, 1.807) is 31.4 Å². The van der Waals surface area contributed by atoms with Crippen molar-refractivity contribution in [3.63, 3.8) is 0 Å². The molecule has 0 fully saturated rings. The number of rotatable bonds is 6. The quantitative estimate of drug-likeness (QED) is 0.183. The van der Waals surface area contributed by atoms with Crippen LogP contribution in [-0.4, -0.2) is 55.2 Å². The number of carbonyl (C=O) groups excluding carboxylic acids is 1. The van der Waals surface area contributed by atoms with Crippen molar-refractivity contribution in [2.24, 2.45) is 0 Å². The number of imidazole rings is 1. The third kappa shape index (κ3) is 4.20. The number of hydrogen-bond acceptors (Lipinski definition) is 9. The first kappa shape index (κ1) is 24.4. The summed E-state index contributed by atoms with van der Waals surface area (Å²) in [6.45, 7) is 1.02. The molecule has 3 aromatic heterocycles. The molecule has 1 aliphatic heterocycles. The number of carbonyl (C=O) groups is 1.